The normalized spacial score (nSPS) is 10.6. The highest BCUT2D eigenvalue weighted by Crippen LogP contribution is 2.18. The number of rotatable bonds is 3. The molecule has 0 aliphatic heterocycles. The first-order valence-corrected chi connectivity index (χ1v) is 5.42. The number of phenolic OH excluding ortho intramolecular Hbond substituents is 1. The molecular weight excluding hydrogens is 202 g/mol. The van der Waals surface area contributed by atoms with Crippen molar-refractivity contribution in [3.8, 4) is 11.4 Å². The average molecular weight is 217 g/mol. The molecular formula is C12H15N3O. The van der Waals surface area contributed by atoms with Gasteiger partial charge in [0.15, 0.2) is 0 Å². The van der Waals surface area contributed by atoms with Crippen LogP contribution in [0, 0.1) is 6.92 Å². The number of aryl methyl sites for hydroxylation is 2. The molecule has 1 N–H and O–H groups in total. The van der Waals surface area contributed by atoms with E-state index >= 15 is 0 Å². The number of aromatic nitrogens is 3. The van der Waals surface area contributed by atoms with Gasteiger partial charge in [0.1, 0.15) is 17.4 Å². The maximum atomic E-state index is 9.47. The minimum Gasteiger partial charge on any atom is -0.508 e. The maximum absolute atomic E-state index is 9.47. The van der Waals surface area contributed by atoms with Gasteiger partial charge in [0.2, 0.25) is 0 Å². The van der Waals surface area contributed by atoms with E-state index in [4.69, 9.17) is 0 Å². The van der Waals surface area contributed by atoms with Gasteiger partial charge in [0.25, 0.3) is 0 Å². The van der Waals surface area contributed by atoms with Gasteiger partial charge in [-0.2, -0.15) is 0 Å². The van der Waals surface area contributed by atoms with Crippen LogP contribution in [-0.4, -0.2) is 19.9 Å². The van der Waals surface area contributed by atoms with Gasteiger partial charge in [-0.15, -0.1) is 10.2 Å². The number of hydrogen-bond donors (Lipinski definition) is 1. The summed E-state index contributed by atoms with van der Waals surface area (Å²) in [6.45, 7) is 4.02. The second-order valence-corrected chi connectivity index (χ2v) is 3.77. The van der Waals surface area contributed by atoms with Crippen LogP contribution in [0.2, 0.25) is 0 Å². The van der Waals surface area contributed by atoms with Crippen LogP contribution < -0.4 is 0 Å². The van der Waals surface area contributed by atoms with Crippen LogP contribution in [0.3, 0.4) is 0 Å². The highest BCUT2D eigenvalue weighted by Gasteiger charge is 2.09. The predicted octanol–water partition coefficient (Wildman–Crippen LogP) is 2.23. The van der Waals surface area contributed by atoms with Crippen molar-refractivity contribution < 1.29 is 5.11 Å². The van der Waals surface area contributed by atoms with Crippen LogP contribution in [0.5, 0.6) is 5.75 Å². The lowest BCUT2D eigenvalue weighted by atomic mass is 10.2. The van der Waals surface area contributed by atoms with Gasteiger partial charge in [0.05, 0.1) is 5.69 Å². The lowest BCUT2D eigenvalue weighted by Crippen LogP contribution is -2.02. The lowest BCUT2D eigenvalue weighted by molar-refractivity contribution is 0.475. The second kappa shape index (κ2) is 4.35. The summed E-state index contributed by atoms with van der Waals surface area (Å²) in [5, 5.41) is 17.7. The molecule has 0 saturated heterocycles. The Hall–Kier alpha value is -1.84. The molecule has 0 aliphatic rings. The molecule has 0 unspecified atom stereocenters. The zero-order valence-corrected chi connectivity index (χ0v) is 9.51. The Morgan fingerprint density at radius 1 is 1.31 bits per heavy atom. The molecule has 16 heavy (non-hydrogen) atoms. The van der Waals surface area contributed by atoms with E-state index in [1.165, 1.54) is 0 Å². The minimum absolute atomic E-state index is 0.257. The quantitative estimate of drug-likeness (QED) is 0.857. The molecule has 0 fully saturated rings. The molecule has 0 aliphatic carbocycles. The number of benzene rings is 1. The predicted molar refractivity (Wildman–Crippen MR) is 61.8 cm³/mol. The van der Waals surface area contributed by atoms with Crippen molar-refractivity contribution in [3.05, 3.63) is 35.9 Å². The van der Waals surface area contributed by atoms with Gasteiger partial charge in [-0.1, -0.05) is 13.0 Å². The fourth-order valence-electron chi connectivity index (χ4n) is 1.76. The third kappa shape index (κ3) is 1.91. The monoisotopic (exact) mass is 217 g/mol. The number of aromatic hydroxyl groups is 1. The van der Waals surface area contributed by atoms with Crippen LogP contribution in [0.4, 0.5) is 0 Å². The van der Waals surface area contributed by atoms with Gasteiger partial charge < -0.3 is 5.11 Å². The van der Waals surface area contributed by atoms with E-state index in [-0.39, 0.29) is 5.75 Å². The third-order valence-electron chi connectivity index (χ3n) is 2.45. The standard InChI is InChI=1S/C12H15N3O/c1-3-5-12-14-13-9(2)15(12)10-6-4-7-11(16)8-10/h4,6-8,16H,3,5H2,1-2H3. The van der Waals surface area contributed by atoms with Crippen LogP contribution >= 0.6 is 0 Å². The largest absolute Gasteiger partial charge is 0.508 e. The molecule has 4 heteroatoms. The Labute approximate surface area is 94.6 Å². The maximum Gasteiger partial charge on any atom is 0.137 e. The minimum atomic E-state index is 0.257. The Morgan fingerprint density at radius 2 is 2.12 bits per heavy atom. The van der Waals surface area contributed by atoms with Gasteiger partial charge >= 0.3 is 0 Å². The fraction of sp³-hybridized carbons (Fsp3) is 0.333. The van der Waals surface area contributed by atoms with E-state index < -0.39 is 0 Å². The molecule has 4 nitrogen and oxygen atoms in total. The molecule has 1 aromatic heterocycles. The Kier molecular flexibility index (Phi) is 2.90. The molecule has 0 atom stereocenters. The SMILES string of the molecule is CCCc1nnc(C)n1-c1cccc(O)c1. The molecule has 1 aromatic carbocycles. The van der Waals surface area contributed by atoms with Gasteiger partial charge in [-0.05, 0) is 25.5 Å². The van der Waals surface area contributed by atoms with E-state index in [0.29, 0.717) is 0 Å². The lowest BCUT2D eigenvalue weighted by Gasteiger charge is -2.08. The van der Waals surface area contributed by atoms with E-state index in [2.05, 4.69) is 17.1 Å². The van der Waals surface area contributed by atoms with Crippen molar-refractivity contribution in [2.45, 2.75) is 26.7 Å². The van der Waals surface area contributed by atoms with Crippen molar-refractivity contribution in [2.24, 2.45) is 0 Å². The second-order valence-electron chi connectivity index (χ2n) is 3.77. The summed E-state index contributed by atoms with van der Waals surface area (Å²) in [6, 6.07) is 7.13. The topological polar surface area (TPSA) is 50.9 Å². The van der Waals surface area contributed by atoms with E-state index in [0.717, 1.165) is 30.2 Å². The summed E-state index contributed by atoms with van der Waals surface area (Å²) >= 11 is 0. The average Bonchev–Trinajstić information content (AvgIpc) is 2.60. The number of phenols is 1. The Balaban J connectivity index is 2.50. The van der Waals surface area contributed by atoms with Crippen molar-refractivity contribution in [1.29, 1.82) is 0 Å². The van der Waals surface area contributed by atoms with Gasteiger partial charge in [-0.3, -0.25) is 4.57 Å². The molecule has 0 amide bonds. The van der Waals surface area contributed by atoms with Crippen molar-refractivity contribution >= 4 is 0 Å². The summed E-state index contributed by atoms with van der Waals surface area (Å²) in [5.74, 6) is 2.03. The first-order valence-electron chi connectivity index (χ1n) is 5.42. The summed E-state index contributed by atoms with van der Waals surface area (Å²) in [5.41, 5.74) is 0.908. The molecule has 2 aromatic rings. The van der Waals surface area contributed by atoms with E-state index in [1.807, 2.05) is 23.6 Å². The molecule has 0 spiro atoms. The summed E-state index contributed by atoms with van der Waals surface area (Å²) < 4.78 is 1.98. The third-order valence-corrected chi connectivity index (χ3v) is 2.45. The summed E-state index contributed by atoms with van der Waals surface area (Å²) in [4.78, 5) is 0. The Morgan fingerprint density at radius 3 is 2.81 bits per heavy atom. The Bertz CT molecular complexity index is 491. The molecule has 1 heterocycles. The zero-order valence-electron chi connectivity index (χ0n) is 9.51. The molecule has 0 saturated carbocycles. The number of nitrogens with zero attached hydrogens (tertiary/aromatic N) is 3. The van der Waals surface area contributed by atoms with Crippen molar-refractivity contribution in [1.82, 2.24) is 14.8 Å². The zero-order chi connectivity index (χ0) is 11.5. The number of hydrogen-bond acceptors (Lipinski definition) is 3. The van der Waals surface area contributed by atoms with Crippen LogP contribution in [0.1, 0.15) is 25.0 Å². The van der Waals surface area contributed by atoms with E-state index in [1.54, 1.807) is 12.1 Å². The molecule has 84 valence electrons. The van der Waals surface area contributed by atoms with Crippen LogP contribution in [0.25, 0.3) is 5.69 Å². The molecule has 0 radical (unpaired) electrons. The fourth-order valence-corrected chi connectivity index (χ4v) is 1.76. The van der Waals surface area contributed by atoms with Crippen LogP contribution in [0.15, 0.2) is 24.3 Å². The highest BCUT2D eigenvalue weighted by molar-refractivity contribution is 5.40. The molecule has 0 bridgehead atoms. The first kappa shape index (κ1) is 10.7. The first-order chi connectivity index (χ1) is 7.72. The smallest absolute Gasteiger partial charge is 0.137 e. The highest BCUT2D eigenvalue weighted by atomic mass is 16.3. The van der Waals surface area contributed by atoms with Crippen molar-refractivity contribution in [3.63, 3.8) is 0 Å². The summed E-state index contributed by atoms with van der Waals surface area (Å²) in [6.07, 6.45) is 1.91. The van der Waals surface area contributed by atoms with Gasteiger partial charge in [0, 0.05) is 12.5 Å². The van der Waals surface area contributed by atoms with E-state index in [9.17, 15) is 5.11 Å². The van der Waals surface area contributed by atoms with Crippen LogP contribution in [-0.2, 0) is 6.42 Å². The summed E-state index contributed by atoms with van der Waals surface area (Å²) in [7, 11) is 0. The van der Waals surface area contributed by atoms with Gasteiger partial charge in [-0.25, -0.2) is 0 Å². The van der Waals surface area contributed by atoms with Crippen molar-refractivity contribution in [2.75, 3.05) is 0 Å². The molecule has 2 rings (SSSR count).